The van der Waals surface area contributed by atoms with Crippen molar-refractivity contribution in [2.75, 3.05) is 31.5 Å². The van der Waals surface area contributed by atoms with Crippen molar-refractivity contribution in [1.29, 1.82) is 0 Å². The molecule has 1 fully saturated rings. The predicted molar refractivity (Wildman–Crippen MR) is 66.3 cm³/mol. The van der Waals surface area contributed by atoms with Crippen molar-refractivity contribution in [2.45, 2.75) is 12.5 Å². The second-order valence-corrected chi connectivity index (χ2v) is 4.34. The van der Waals surface area contributed by atoms with Crippen molar-refractivity contribution in [3.8, 4) is 0 Å². The zero-order valence-electron chi connectivity index (χ0n) is 10.2. The Morgan fingerprint density at radius 2 is 2.28 bits per heavy atom. The van der Waals surface area contributed by atoms with Crippen LogP contribution in [-0.2, 0) is 0 Å². The molecule has 2 heterocycles. The van der Waals surface area contributed by atoms with Gasteiger partial charge in [-0.2, -0.15) is 0 Å². The maximum atomic E-state index is 11.4. The quantitative estimate of drug-likeness (QED) is 0.534. The zero-order valence-corrected chi connectivity index (χ0v) is 10.2. The van der Waals surface area contributed by atoms with E-state index < -0.39 is 5.60 Å². The summed E-state index contributed by atoms with van der Waals surface area (Å²) in [6.07, 6.45) is 0. The number of hydrogen-bond acceptors (Lipinski definition) is 6. The molecule has 0 radical (unpaired) electrons. The van der Waals surface area contributed by atoms with Gasteiger partial charge in [0.1, 0.15) is 11.4 Å². The molecule has 1 aliphatic rings. The van der Waals surface area contributed by atoms with Gasteiger partial charge < -0.3 is 21.1 Å². The van der Waals surface area contributed by atoms with Crippen LogP contribution in [0, 0.1) is 0 Å². The minimum Gasteiger partial charge on any atom is -0.385 e. The molecule has 1 aromatic heterocycles. The lowest BCUT2D eigenvalue weighted by Gasteiger charge is -2.37. The molecule has 0 aliphatic carbocycles. The molecule has 0 bridgehead atoms. The molecule has 98 valence electrons. The maximum Gasteiger partial charge on any atom is 0.271 e. The standard InChI is InChI=1S/C11H17N5O2/c1-2-13-10(17)8-3-4-9(16-15-8)14-7-11(18)5-12-6-11/h3-4,12,18H,2,5-7H2,1H3,(H,13,17)(H,14,16). The molecule has 0 spiro atoms. The molecule has 1 aromatic rings. The highest BCUT2D eigenvalue weighted by Crippen LogP contribution is 2.11. The highest BCUT2D eigenvalue weighted by atomic mass is 16.3. The topological polar surface area (TPSA) is 99.2 Å². The molecule has 1 amide bonds. The van der Waals surface area contributed by atoms with Crippen LogP contribution in [0.4, 0.5) is 5.82 Å². The van der Waals surface area contributed by atoms with Gasteiger partial charge in [-0.05, 0) is 19.1 Å². The fourth-order valence-corrected chi connectivity index (χ4v) is 1.59. The van der Waals surface area contributed by atoms with E-state index in [-0.39, 0.29) is 11.6 Å². The number of aliphatic hydroxyl groups is 1. The molecule has 2 rings (SSSR count). The number of anilines is 1. The van der Waals surface area contributed by atoms with Gasteiger partial charge in [-0.15, -0.1) is 10.2 Å². The number of nitrogens with zero attached hydrogens (tertiary/aromatic N) is 2. The zero-order chi connectivity index (χ0) is 13.0. The summed E-state index contributed by atoms with van der Waals surface area (Å²) in [5.41, 5.74) is -0.425. The Morgan fingerprint density at radius 3 is 2.78 bits per heavy atom. The van der Waals surface area contributed by atoms with E-state index in [4.69, 9.17) is 0 Å². The normalized spacial score (nSPS) is 16.8. The van der Waals surface area contributed by atoms with Crippen LogP contribution in [0.3, 0.4) is 0 Å². The molecule has 18 heavy (non-hydrogen) atoms. The lowest BCUT2D eigenvalue weighted by atomic mass is 9.97. The largest absolute Gasteiger partial charge is 0.385 e. The Balaban J connectivity index is 1.89. The summed E-state index contributed by atoms with van der Waals surface area (Å²) in [5.74, 6) is 0.307. The van der Waals surface area contributed by atoms with Gasteiger partial charge in [-0.1, -0.05) is 0 Å². The van der Waals surface area contributed by atoms with Gasteiger partial charge in [-0.25, -0.2) is 0 Å². The number of carbonyl (C=O) groups excluding carboxylic acids is 1. The van der Waals surface area contributed by atoms with E-state index in [0.717, 1.165) is 0 Å². The van der Waals surface area contributed by atoms with E-state index in [9.17, 15) is 9.90 Å². The van der Waals surface area contributed by atoms with Gasteiger partial charge in [0.2, 0.25) is 0 Å². The van der Waals surface area contributed by atoms with Crippen LogP contribution in [0.15, 0.2) is 12.1 Å². The van der Waals surface area contributed by atoms with Crippen molar-refractivity contribution in [3.63, 3.8) is 0 Å². The maximum absolute atomic E-state index is 11.4. The third-order valence-electron chi connectivity index (χ3n) is 2.74. The third kappa shape index (κ3) is 2.93. The number of hydrogen-bond donors (Lipinski definition) is 4. The smallest absolute Gasteiger partial charge is 0.271 e. The molecule has 7 heteroatoms. The number of β-amino-alcohol motifs (C(OH)–C–C–N with tert-alkyl or cyclic N) is 1. The van der Waals surface area contributed by atoms with Gasteiger partial charge in [-0.3, -0.25) is 4.79 Å². The van der Waals surface area contributed by atoms with Crippen LogP contribution in [0.2, 0.25) is 0 Å². The van der Waals surface area contributed by atoms with E-state index in [1.165, 1.54) is 0 Å². The summed E-state index contributed by atoms with van der Waals surface area (Å²) >= 11 is 0. The van der Waals surface area contributed by atoms with Crippen LogP contribution >= 0.6 is 0 Å². The highest BCUT2D eigenvalue weighted by Gasteiger charge is 2.33. The Kier molecular flexibility index (Phi) is 3.73. The summed E-state index contributed by atoms with van der Waals surface area (Å²) in [6.45, 7) is 3.96. The van der Waals surface area contributed by atoms with Crippen molar-refractivity contribution in [3.05, 3.63) is 17.8 Å². The van der Waals surface area contributed by atoms with E-state index in [1.54, 1.807) is 12.1 Å². The Labute approximate surface area is 105 Å². The third-order valence-corrected chi connectivity index (χ3v) is 2.74. The van der Waals surface area contributed by atoms with Crippen LogP contribution in [-0.4, -0.2) is 53.0 Å². The van der Waals surface area contributed by atoms with E-state index in [1.807, 2.05) is 6.92 Å². The first-order valence-electron chi connectivity index (χ1n) is 5.92. The number of carbonyl (C=O) groups is 1. The molecule has 0 aromatic carbocycles. The Hall–Kier alpha value is -1.73. The van der Waals surface area contributed by atoms with Gasteiger partial charge in [0.05, 0.1) is 0 Å². The molecule has 1 aliphatic heterocycles. The number of aromatic nitrogens is 2. The molecular weight excluding hydrogens is 234 g/mol. The fraction of sp³-hybridized carbons (Fsp3) is 0.545. The van der Waals surface area contributed by atoms with Gasteiger partial charge >= 0.3 is 0 Å². The van der Waals surface area contributed by atoms with Crippen LogP contribution < -0.4 is 16.0 Å². The molecule has 0 saturated carbocycles. The second kappa shape index (κ2) is 5.28. The highest BCUT2D eigenvalue weighted by molar-refractivity contribution is 5.92. The van der Waals surface area contributed by atoms with E-state index in [2.05, 4.69) is 26.1 Å². The second-order valence-electron chi connectivity index (χ2n) is 4.34. The lowest BCUT2D eigenvalue weighted by Crippen LogP contribution is -2.63. The van der Waals surface area contributed by atoms with Crippen LogP contribution in [0.25, 0.3) is 0 Å². The average Bonchev–Trinajstić information content (AvgIpc) is 2.35. The van der Waals surface area contributed by atoms with Crippen molar-refractivity contribution in [1.82, 2.24) is 20.8 Å². The van der Waals surface area contributed by atoms with E-state index >= 15 is 0 Å². The summed E-state index contributed by atoms with van der Waals surface area (Å²) in [6, 6.07) is 3.27. The van der Waals surface area contributed by atoms with Crippen molar-refractivity contribution >= 4 is 11.7 Å². The Bertz CT molecular complexity index is 416. The van der Waals surface area contributed by atoms with Crippen LogP contribution in [0.5, 0.6) is 0 Å². The monoisotopic (exact) mass is 251 g/mol. The number of amides is 1. The predicted octanol–water partition coefficient (Wildman–Crippen LogP) is -1.03. The minimum atomic E-state index is -0.708. The van der Waals surface area contributed by atoms with Gasteiger partial charge in [0.15, 0.2) is 5.69 Å². The first-order valence-corrected chi connectivity index (χ1v) is 5.92. The van der Waals surface area contributed by atoms with Gasteiger partial charge in [0, 0.05) is 26.2 Å². The molecule has 0 atom stereocenters. The Morgan fingerprint density at radius 1 is 1.50 bits per heavy atom. The summed E-state index contributed by atoms with van der Waals surface area (Å²) < 4.78 is 0. The molecule has 1 saturated heterocycles. The molecule has 4 N–H and O–H groups in total. The first-order chi connectivity index (χ1) is 8.63. The number of nitrogens with one attached hydrogen (secondary N) is 3. The summed E-state index contributed by atoms with van der Waals surface area (Å²) in [7, 11) is 0. The fourth-order valence-electron chi connectivity index (χ4n) is 1.59. The first kappa shape index (κ1) is 12.7. The SMILES string of the molecule is CCNC(=O)c1ccc(NCC2(O)CNC2)nn1. The minimum absolute atomic E-state index is 0.238. The van der Waals surface area contributed by atoms with Crippen LogP contribution in [0.1, 0.15) is 17.4 Å². The van der Waals surface area contributed by atoms with Gasteiger partial charge in [0.25, 0.3) is 5.91 Å². The van der Waals surface area contributed by atoms with Crippen molar-refractivity contribution in [2.24, 2.45) is 0 Å². The molecule has 7 nitrogen and oxygen atoms in total. The van der Waals surface area contributed by atoms with E-state index in [0.29, 0.717) is 32.0 Å². The summed E-state index contributed by atoms with van der Waals surface area (Å²) in [5, 5.41) is 26.2. The summed E-state index contributed by atoms with van der Waals surface area (Å²) in [4.78, 5) is 11.4. The molecule has 0 unspecified atom stereocenters. The lowest BCUT2D eigenvalue weighted by molar-refractivity contribution is 0.00304. The molecular formula is C11H17N5O2. The average molecular weight is 251 g/mol. The van der Waals surface area contributed by atoms with Crippen molar-refractivity contribution < 1.29 is 9.90 Å². The number of rotatable bonds is 5.